The van der Waals surface area contributed by atoms with E-state index in [1.807, 2.05) is 11.8 Å². The van der Waals surface area contributed by atoms with Crippen molar-refractivity contribution >= 4 is 11.6 Å². The van der Waals surface area contributed by atoms with Crippen LogP contribution in [0.15, 0.2) is 18.5 Å². The van der Waals surface area contributed by atoms with Crippen molar-refractivity contribution in [3.8, 4) is 0 Å². The van der Waals surface area contributed by atoms with Gasteiger partial charge in [0.05, 0.1) is 23.0 Å². The average Bonchev–Trinajstić information content (AvgIpc) is 2.47. The Morgan fingerprint density at radius 3 is 3.10 bits per heavy atom. The predicted octanol–water partition coefficient (Wildman–Crippen LogP) is 2.15. The Kier molecular flexibility index (Phi) is 4.60. The number of nitrogens with zero attached hydrogens (tertiary/aromatic N) is 2. The van der Waals surface area contributed by atoms with E-state index in [4.69, 9.17) is 4.74 Å². The van der Waals surface area contributed by atoms with E-state index in [0.717, 1.165) is 31.6 Å². The molecular formula is C15H23N3O2. The number of hydrogen-bond acceptors (Lipinski definition) is 4. The van der Waals surface area contributed by atoms with Gasteiger partial charge in [-0.05, 0) is 32.8 Å². The Morgan fingerprint density at radius 2 is 2.40 bits per heavy atom. The van der Waals surface area contributed by atoms with Gasteiger partial charge in [-0.15, -0.1) is 0 Å². The SMILES string of the molecule is CCNc1cnccc1C(=O)N1CCCC(C)(OC)C1. The van der Waals surface area contributed by atoms with Crippen LogP contribution in [0.2, 0.25) is 0 Å². The van der Waals surface area contributed by atoms with E-state index >= 15 is 0 Å². The fourth-order valence-electron chi connectivity index (χ4n) is 2.63. The molecule has 0 saturated carbocycles. The van der Waals surface area contributed by atoms with Crippen molar-refractivity contribution in [2.45, 2.75) is 32.3 Å². The summed E-state index contributed by atoms with van der Waals surface area (Å²) in [6.45, 7) is 6.25. The molecule has 0 bridgehead atoms. The van der Waals surface area contributed by atoms with Crippen LogP contribution < -0.4 is 5.32 Å². The summed E-state index contributed by atoms with van der Waals surface area (Å²) in [6.07, 6.45) is 5.32. The standard InChI is InChI=1S/C15H23N3O2/c1-4-17-13-10-16-8-6-12(13)14(19)18-9-5-7-15(2,11-18)20-3/h6,8,10,17H,4-5,7,9,11H2,1-3H3. The minimum Gasteiger partial charge on any atom is -0.383 e. The van der Waals surface area contributed by atoms with Gasteiger partial charge in [0, 0.05) is 32.9 Å². The van der Waals surface area contributed by atoms with E-state index in [1.54, 1.807) is 25.6 Å². The number of nitrogens with one attached hydrogen (secondary N) is 1. The quantitative estimate of drug-likeness (QED) is 0.916. The van der Waals surface area contributed by atoms with Crippen molar-refractivity contribution in [3.05, 3.63) is 24.0 Å². The van der Waals surface area contributed by atoms with Gasteiger partial charge in [0.1, 0.15) is 0 Å². The number of hydrogen-bond donors (Lipinski definition) is 1. The van der Waals surface area contributed by atoms with E-state index in [1.165, 1.54) is 0 Å². The van der Waals surface area contributed by atoms with E-state index in [-0.39, 0.29) is 11.5 Å². The molecule has 0 spiro atoms. The van der Waals surface area contributed by atoms with Crippen LogP contribution in [0.4, 0.5) is 5.69 Å². The van der Waals surface area contributed by atoms with Crippen LogP contribution in [0.3, 0.4) is 0 Å². The van der Waals surface area contributed by atoms with Crippen LogP contribution >= 0.6 is 0 Å². The molecule has 1 fully saturated rings. The smallest absolute Gasteiger partial charge is 0.256 e. The summed E-state index contributed by atoms with van der Waals surface area (Å²) in [5, 5.41) is 3.19. The minimum atomic E-state index is -0.237. The highest BCUT2D eigenvalue weighted by Crippen LogP contribution is 2.26. The molecule has 1 amide bonds. The van der Waals surface area contributed by atoms with Gasteiger partial charge in [-0.2, -0.15) is 0 Å². The van der Waals surface area contributed by atoms with Gasteiger partial charge in [0.15, 0.2) is 0 Å². The minimum absolute atomic E-state index is 0.0475. The van der Waals surface area contributed by atoms with Gasteiger partial charge in [-0.3, -0.25) is 9.78 Å². The lowest BCUT2D eigenvalue weighted by atomic mass is 9.94. The molecule has 1 atom stereocenters. The summed E-state index contributed by atoms with van der Waals surface area (Å²) in [7, 11) is 1.71. The predicted molar refractivity (Wildman–Crippen MR) is 79.0 cm³/mol. The molecule has 5 heteroatoms. The molecular weight excluding hydrogens is 254 g/mol. The Balaban J connectivity index is 2.19. The van der Waals surface area contributed by atoms with Gasteiger partial charge in [0.2, 0.25) is 0 Å². The molecule has 1 saturated heterocycles. The second-order valence-electron chi connectivity index (χ2n) is 5.44. The summed E-state index contributed by atoms with van der Waals surface area (Å²) >= 11 is 0. The Hall–Kier alpha value is -1.62. The van der Waals surface area contributed by atoms with Gasteiger partial charge in [-0.25, -0.2) is 0 Å². The van der Waals surface area contributed by atoms with Crippen molar-refractivity contribution < 1.29 is 9.53 Å². The summed E-state index contributed by atoms with van der Waals surface area (Å²) in [5.74, 6) is 0.0475. The van der Waals surface area contributed by atoms with Crippen molar-refractivity contribution in [2.24, 2.45) is 0 Å². The maximum Gasteiger partial charge on any atom is 0.256 e. The second-order valence-corrected chi connectivity index (χ2v) is 5.44. The Labute approximate surface area is 120 Å². The number of likely N-dealkylation sites (tertiary alicyclic amines) is 1. The van der Waals surface area contributed by atoms with Crippen molar-refractivity contribution in [1.29, 1.82) is 0 Å². The van der Waals surface area contributed by atoms with Crippen LogP contribution in [0.5, 0.6) is 0 Å². The molecule has 5 nitrogen and oxygen atoms in total. The molecule has 0 aromatic carbocycles. The van der Waals surface area contributed by atoms with Gasteiger partial charge in [0.25, 0.3) is 5.91 Å². The van der Waals surface area contributed by atoms with Crippen LogP contribution in [0.1, 0.15) is 37.0 Å². The van der Waals surface area contributed by atoms with Crippen LogP contribution in [0, 0.1) is 0 Å². The molecule has 2 rings (SSSR count). The number of piperidine rings is 1. The highest BCUT2D eigenvalue weighted by molar-refractivity contribution is 5.99. The summed E-state index contributed by atoms with van der Waals surface area (Å²) in [6, 6.07) is 1.78. The van der Waals surface area contributed by atoms with E-state index in [2.05, 4.69) is 17.2 Å². The highest BCUT2D eigenvalue weighted by atomic mass is 16.5. The number of carbonyl (C=O) groups is 1. The first kappa shape index (κ1) is 14.8. The Morgan fingerprint density at radius 1 is 1.60 bits per heavy atom. The zero-order valence-corrected chi connectivity index (χ0v) is 12.5. The van der Waals surface area contributed by atoms with Crippen molar-refractivity contribution in [1.82, 2.24) is 9.88 Å². The molecule has 1 N–H and O–H groups in total. The molecule has 1 aliphatic rings. The molecule has 1 aromatic rings. The molecule has 0 aliphatic carbocycles. The maximum atomic E-state index is 12.7. The molecule has 1 aliphatic heterocycles. The molecule has 0 radical (unpaired) electrons. The third kappa shape index (κ3) is 3.10. The fraction of sp³-hybridized carbons (Fsp3) is 0.600. The summed E-state index contributed by atoms with van der Waals surface area (Å²) in [4.78, 5) is 18.7. The number of pyridine rings is 1. The average molecular weight is 277 g/mol. The first-order chi connectivity index (χ1) is 9.59. The Bertz CT molecular complexity index is 478. The van der Waals surface area contributed by atoms with Gasteiger partial charge < -0.3 is 15.0 Å². The van der Waals surface area contributed by atoms with Crippen LogP contribution in [0.25, 0.3) is 0 Å². The summed E-state index contributed by atoms with van der Waals surface area (Å²) in [5.41, 5.74) is 1.24. The molecule has 2 heterocycles. The third-order valence-electron chi connectivity index (χ3n) is 3.86. The second kappa shape index (κ2) is 6.22. The number of amides is 1. The first-order valence-electron chi connectivity index (χ1n) is 7.12. The normalized spacial score (nSPS) is 22.6. The monoisotopic (exact) mass is 277 g/mol. The number of methoxy groups -OCH3 is 1. The van der Waals surface area contributed by atoms with Crippen LogP contribution in [-0.4, -0.2) is 48.1 Å². The van der Waals surface area contributed by atoms with Gasteiger partial charge >= 0.3 is 0 Å². The lowest BCUT2D eigenvalue weighted by Gasteiger charge is -2.39. The van der Waals surface area contributed by atoms with E-state index in [0.29, 0.717) is 12.1 Å². The first-order valence-corrected chi connectivity index (χ1v) is 7.12. The molecule has 1 aromatic heterocycles. The zero-order chi connectivity index (χ0) is 14.6. The number of ether oxygens (including phenoxy) is 1. The van der Waals surface area contributed by atoms with Crippen molar-refractivity contribution in [3.63, 3.8) is 0 Å². The third-order valence-corrected chi connectivity index (χ3v) is 3.86. The largest absolute Gasteiger partial charge is 0.383 e. The van der Waals surface area contributed by atoms with Crippen LogP contribution in [-0.2, 0) is 4.74 Å². The lowest BCUT2D eigenvalue weighted by molar-refractivity contribution is -0.0439. The maximum absolute atomic E-state index is 12.7. The molecule has 20 heavy (non-hydrogen) atoms. The molecule has 1 unspecified atom stereocenters. The number of carbonyl (C=O) groups excluding carboxylic acids is 1. The molecule has 110 valence electrons. The lowest BCUT2D eigenvalue weighted by Crippen LogP contribution is -2.49. The van der Waals surface area contributed by atoms with Gasteiger partial charge in [-0.1, -0.05) is 0 Å². The topological polar surface area (TPSA) is 54.5 Å². The number of rotatable bonds is 4. The number of aromatic nitrogens is 1. The highest BCUT2D eigenvalue weighted by Gasteiger charge is 2.33. The number of anilines is 1. The van der Waals surface area contributed by atoms with E-state index < -0.39 is 0 Å². The van der Waals surface area contributed by atoms with E-state index in [9.17, 15) is 4.79 Å². The fourth-order valence-corrected chi connectivity index (χ4v) is 2.63. The summed E-state index contributed by atoms with van der Waals surface area (Å²) < 4.78 is 5.55. The zero-order valence-electron chi connectivity index (χ0n) is 12.5. The van der Waals surface area contributed by atoms with Crippen molar-refractivity contribution in [2.75, 3.05) is 32.1 Å².